The van der Waals surface area contributed by atoms with Gasteiger partial charge in [-0.3, -0.25) is 9.69 Å². The van der Waals surface area contributed by atoms with Crippen molar-refractivity contribution in [2.24, 2.45) is 5.92 Å². The number of hydrogen-bond donors (Lipinski definition) is 1. The Balaban J connectivity index is 1.74. The van der Waals surface area contributed by atoms with E-state index in [1.54, 1.807) is 0 Å². The number of carbonyl (C=O) groups is 1. The lowest BCUT2D eigenvalue weighted by Crippen LogP contribution is -2.48. The molecule has 104 valence electrons. The average Bonchev–Trinajstić information content (AvgIpc) is 2.62. The number of nitrogens with zero attached hydrogens (tertiary/aromatic N) is 1. The van der Waals surface area contributed by atoms with Gasteiger partial charge < -0.3 is 10.1 Å². The van der Waals surface area contributed by atoms with Crippen LogP contribution in [0.2, 0.25) is 0 Å². The number of rotatable bonds is 3. The van der Waals surface area contributed by atoms with E-state index in [9.17, 15) is 4.79 Å². The smallest absolute Gasteiger partial charge is 0.234 e. The first-order valence-electron chi connectivity index (χ1n) is 7.10. The van der Waals surface area contributed by atoms with Crippen LogP contribution in [0.3, 0.4) is 0 Å². The third kappa shape index (κ3) is 3.95. The molecule has 0 saturated carbocycles. The third-order valence-corrected chi connectivity index (χ3v) is 3.94. The van der Waals surface area contributed by atoms with E-state index in [4.69, 9.17) is 4.74 Å². The van der Waals surface area contributed by atoms with Crippen LogP contribution in [-0.4, -0.2) is 48.7 Å². The lowest BCUT2D eigenvalue weighted by Gasteiger charge is -2.36. The van der Waals surface area contributed by atoms with Gasteiger partial charge in [0.1, 0.15) is 0 Å². The van der Waals surface area contributed by atoms with Crippen molar-refractivity contribution >= 4 is 5.91 Å². The maximum absolute atomic E-state index is 12.0. The van der Waals surface area contributed by atoms with Gasteiger partial charge >= 0.3 is 0 Å². The Morgan fingerprint density at radius 3 is 2.83 bits per heavy atom. The summed E-state index contributed by atoms with van der Waals surface area (Å²) in [6.45, 7) is 9.86. The summed E-state index contributed by atoms with van der Waals surface area (Å²) in [5.74, 6) is 0.909. The molecule has 0 bridgehead atoms. The van der Waals surface area contributed by atoms with Crippen molar-refractivity contribution in [3.05, 3.63) is 0 Å². The first-order chi connectivity index (χ1) is 8.44. The third-order valence-electron chi connectivity index (χ3n) is 3.94. The number of carbonyl (C=O) groups excluding carboxylic acids is 1. The fraction of sp³-hybridized carbons (Fsp3) is 0.929. The summed E-state index contributed by atoms with van der Waals surface area (Å²) in [7, 11) is 0. The van der Waals surface area contributed by atoms with Crippen LogP contribution in [0, 0.1) is 5.92 Å². The van der Waals surface area contributed by atoms with Crippen molar-refractivity contribution in [2.75, 3.05) is 26.2 Å². The topological polar surface area (TPSA) is 41.6 Å². The van der Waals surface area contributed by atoms with Crippen molar-refractivity contribution in [2.45, 2.75) is 51.7 Å². The fourth-order valence-corrected chi connectivity index (χ4v) is 3.00. The molecule has 2 rings (SSSR count). The molecule has 2 fully saturated rings. The molecular weight excluding hydrogens is 228 g/mol. The molecule has 2 aliphatic heterocycles. The van der Waals surface area contributed by atoms with E-state index in [1.165, 1.54) is 6.42 Å². The molecule has 0 unspecified atom stereocenters. The molecule has 2 atom stereocenters. The van der Waals surface area contributed by atoms with Crippen LogP contribution in [0.25, 0.3) is 0 Å². The minimum absolute atomic E-state index is 0.0989. The Kier molecular flexibility index (Phi) is 4.28. The van der Waals surface area contributed by atoms with Crippen LogP contribution in [0.4, 0.5) is 0 Å². The molecule has 0 spiro atoms. The van der Waals surface area contributed by atoms with Gasteiger partial charge in [0.15, 0.2) is 0 Å². The Bertz CT molecular complexity index is 304. The summed E-state index contributed by atoms with van der Waals surface area (Å²) in [6.07, 6.45) is 3.07. The van der Waals surface area contributed by atoms with Crippen LogP contribution >= 0.6 is 0 Å². The van der Waals surface area contributed by atoms with E-state index in [-0.39, 0.29) is 17.6 Å². The Labute approximate surface area is 110 Å². The SMILES string of the molecule is C[C@H]1CCN(CC(=O)N[C@H]2CCOC(C)(C)C2)C1. The Morgan fingerprint density at radius 1 is 1.44 bits per heavy atom. The highest BCUT2D eigenvalue weighted by Crippen LogP contribution is 2.23. The lowest BCUT2D eigenvalue weighted by molar-refractivity contribution is -0.125. The van der Waals surface area contributed by atoms with Gasteiger partial charge in [0.2, 0.25) is 5.91 Å². The largest absolute Gasteiger partial charge is 0.375 e. The molecule has 0 aliphatic carbocycles. The summed E-state index contributed by atoms with van der Waals surface area (Å²) in [4.78, 5) is 14.2. The highest BCUT2D eigenvalue weighted by molar-refractivity contribution is 5.78. The zero-order valence-electron chi connectivity index (χ0n) is 11.9. The molecule has 2 heterocycles. The highest BCUT2D eigenvalue weighted by atomic mass is 16.5. The summed E-state index contributed by atoms with van der Waals surface area (Å²) in [5.41, 5.74) is -0.0989. The molecule has 2 saturated heterocycles. The second kappa shape index (κ2) is 5.57. The van der Waals surface area contributed by atoms with Crippen molar-refractivity contribution in [3.8, 4) is 0 Å². The number of ether oxygens (including phenoxy) is 1. The van der Waals surface area contributed by atoms with Gasteiger partial charge in [-0.25, -0.2) is 0 Å². The highest BCUT2D eigenvalue weighted by Gasteiger charge is 2.30. The summed E-state index contributed by atoms with van der Waals surface area (Å²) in [6, 6.07) is 0.279. The van der Waals surface area contributed by atoms with Crippen LogP contribution < -0.4 is 5.32 Å². The molecule has 0 radical (unpaired) electrons. The second-order valence-electron chi connectivity index (χ2n) is 6.49. The van der Waals surface area contributed by atoms with E-state index in [0.29, 0.717) is 6.54 Å². The van der Waals surface area contributed by atoms with Gasteiger partial charge in [0.05, 0.1) is 12.1 Å². The molecule has 4 nitrogen and oxygen atoms in total. The molecule has 1 amide bonds. The van der Waals surface area contributed by atoms with Crippen LogP contribution in [-0.2, 0) is 9.53 Å². The molecule has 0 aromatic carbocycles. The van der Waals surface area contributed by atoms with Crippen molar-refractivity contribution in [1.29, 1.82) is 0 Å². The number of nitrogens with one attached hydrogen (secondary N) is 1. The van der Waals surface area contributed by atoms with Crippen LogP contribution in [0.5, 0.6) is 0 Å². The summed E-state index contributed by atoms with van der Waals surface area (Å²) < 4.78 is 5.66. The predicted octanol–water partition coefficient (Wildman–Crippen LogP) is 1.40. The normalized spacial score (nSPS) is 32.4. The number of likely N-dealkylation sites (tertiary alicyclic amines) is 1. The van der Waals surface area contributed by atoms with Crippen molar-refractivity contribution < 1.29 is 9.53 Å². The van der Waals surface area contributed by atoms with Gasteiger partial charge in [0.25, 0.3) is 0 Å². The standard InChI is InChI=1S/C14H26N2O2/c1-11-4-6-16(9-11)10-13(17)15-12-5-7-18-14(2,3)8-12/h11-12H,4-10H2,1-3H3,(H,15,17)/t11-,12-/m0/s1. The minimum Gasteiger partial charge on any atom is -0.375 e. The van der Waals surface area contributed by atoms with Crippen molar-refractivity contribution in [3.63, 3.8) is 0 Å². The molecule has 4 heteroatoms. The first kappa shape index (κ1) is 13.8. The number of amides is 1. The fourth-order valence-electron chi connectivity index (χ4n) is 3.00. The first-order valence-corrected chi connectivity index (χ1v) is 7.10. The lowest BCUT2D eigenvalue weighted by atomic mass is 9.94. The molecule has 18 heavy (non-hydrogen) atoms. The van der Waals surface area contributed by atoms with Crippen LogP contribution in [0.15, 0.2) is 0 Å². The zero-order valence-corrected chi connectivity index (χ0v) is 11.9. The second-order valence-corrected chi connectivity index (χ2v) is 6.49. The minimum atomic E-state index is -0.0989. The average molecular weight is 254 g/mol. The molecule has 2 aliphatic rings. The van der Waals surface area contributed by atoms with Gasteiger partial charge in [-0.05, 0) is 45.6 Å². The maximum Gasteiger partial charge on any atom is 0.234 e. The van der Waals surface area contributed by atoms with Gasteiger partial charge in [0, 0.05) is 19.2 Å². The molecular formula is C14H26N2O2. The maximum atomic E-state index is 12.0. The molecule has 1 N–H and O–H groups in total. The Morgan fingerprint density at radius 2 is 2.22 bits per heavy atom. The van der Waals surface area contributed by atoms with E-state index < -0.39 is 0 Å². The van der Waals surface area contributed by atoms with Gasteiger partial charge in [-0.15, -0.1) is 0 Å². The number of hydrogen-bond acceptors (Lipinski definition) is 3. The van der Waals surface area contributed by atoms with Crippen LogP contribution in [0.1, 0.15) is 40.0 Å². The predicted molar refractivity (Wildman–Crippen MR) is 71.4 cm³/mol. The van der Waals surface area contributed by atoms with Gasteiger partial charge in [-0.2, -0.15) is 0 Å². The van der Waals surface area contributed by atoms with Gasteiger partial charge in [-0.1, -0.05) is 6.92 Å². The van der Waals surface area contributed by atoms with E-state index in [2.05, 4.69) is 31.0 Å². The van der Waals surface area contributed by atoms with E-state index in [0.717, 1.165) is 38.5 Å². The molecule has 0 aromatic rings. The molecule has 0 aromatic heterocycles. The monoisotopic (exact) mass is 254 g/mol. The Hall–Kier alpha value is -0.610. The summed E-state index contributed by atoms with van der Waals surface area (Å²) in [5, 5.41) is 3.16. The van der Waals surface area contributed by atoms with Crippen molar-refractivity contribution in [1.82, 2.24) is 10.2 Å². The quantitative estimate of drug-likeness (QED) is 0.828. The zero-order chi connectivity index (χ0) is 13.2. The summed E-state index contributed by atoms with van der Waals surface area (Å²) >= 11 is 0. The van der Waals surface area contributed by atoms with E-state index >= 15 is 0 Å². The van der Waals surface area contributed by atoms with E-state index in [1.807, 2.05) is 0 Å².